The van der Waals surface area contributed by atoms with E-state index in [1.165, 1.54) is 0 Å². The van der Waals surface area contributed by atoms with E-state index in [9.17, 15) is 9.90 Å². The Bertz CT molecular complexity index is 516. The molecule has 1 amide bonds. The van der Waals surface area contributed by atoms with E-state index in [-0.39, 0.29) is 17.6 Å². The number of aromatic hydroxyl groups is 1. The Kier molecular flexibility index (Phi) is 4.04. The molecule has 3 N–H and O–H groups in total. The molecule has 0 radical (unpaired) electrons. The highest BCUT2D eigenvalue weighted by atomic mass is 32.1. The van der Waals surface area contributed by atoms with Crippen LogP contribution in [0.5, 0.6) is 5.75 Å². The molecule has 1 aromatic rings. The summed E-state index contributed by atoms with van der Waals surface area (Å²) in [6.45, 7) is 3.10. The molecule has 0 bridgehead atoms. The second-order valence-corrected chi connectivity index (χ2v) is 5.47. The number of aryl methyl sites for hydroxylation is 1. The van der Waals surface area contributed by atoms with Crippen molar-refractivity contribution in [2.24, 2.45) is 11.7 Å². The van der Waals surface area contributed by atoms with Gasteiger partial charge in [-0.05, 0) is 43.5 Å². The Morgan fingerprint density at radius 1 is 1.53 bits per heavy atom. The third-order valence-electron chi connectivity index (χ3n) is 3.55. The lowest BCUT2D eigenvalue weighted by Crippen LogP contribution is -2.43. The van der Waals surface area contributed by atoms with E-state index in [4.69, 9.17) is 18.0 Å². The highest BCUT2D eigenvalue weighted by Crippen LogP contribution is 2.21. The molecule has 1 aliphatic rings. The molecule has 1 aliphatic heterocycles. The van der Waals surface area contributed by atoms with Crippen LogP contribution in [0.3, 0.4) is 0 Å². The van der Waals surface area contributed by atoms with Crippen LogP contribution in [0.25, 0.3) is 0 Å². The fraction of sp³-hybridized carbons (Fsp3) is 0.429. The summed E-state index contributed by atoms with van der Waals surface area (Å²) in [5.41, 5.74) is 6.97. The summed E-state index contributed by atoms with van der Waals surface area (Å²) in [7, 11) is 0. The standard InChI is InChI=1S/C14H18N2O2S/c1-9-7-10(4-5-12(9)17)14(18)16-6-2-3-11(8-16)13(15)19/h4-5,7,11,17H,2-3,6,8H2,1H3,(H2,15,19). The van der Waals surface area contributed by atoms with Gasteiger partial charge in [0, 0.05) is 24.6 Å². The van der Waals surface area contributed by atoms with Crippen LogP contribution in [0.15, 0.2) is 18.2 Å². The summed E-state index contributed by atoms with van der Waals surface area (Å²) < 4.78 is 0. The van der Waals surface area contributed by atoms with Gasteiger partial charge in [0.15, 0.2) is 0 Å². The molecule has 1 atom stereocenters. The minimum Gasteiger partial charge on any atom is -0.508 e. The zero-order valence-corrected chi connectivity index (χ0v) is 11.7. The molecule has 5 heteroatoms. The summed E-state index contributed by atoms with van der Waals surface area (Å²) >= 11 is 5.02. The third kappa shape index (κ3) is 3.04. The lowest BCUT2D eigenvalue weighted by molar-refractivity contribution is 0.0703. The number of rotatable bonds is 2. The molecule has 2 rings (SSSR count). The summed E-state index contributed by atoms with van der Waals surface area (Å²) in [5, 5.41) is 9.49. The molecule has 0 saturated carbocycles. The number of benzene rings is 1. The summed E-state index contributed by atoms with van der Waals surface area (Å²) in [4.78, 5) is 14.7. The smallest absolute Gasteiger partial charge is 0.253 e. The zero-order chi connectivity index (χ0) is 14.0. The molecule has 0 aromatic heterocycles. The SMILES string of the molecule is Cc1cc(C(=O)N2CCCC(C(N)=S)C2)ccc1O. The molecule has 1 unspecified atom stereocenters. The van der Waals surface area contributed by atoms with E-state index < -0.39 is 0 Å². The normalized spacial score (nSPS) is 19.2. The van der Waals surface area contributed by atoms with Crippen molar-refractivity contribution >= 4 is 23.1 Å². The van der Waals surface area contributed by atoms with Crippen LogP contribution in [0, 0.1) is 12.8 Å². The first kappa shape index (κ1) is 13.8. The van der Waals surface area contributed by atoms with Gasteiger partial charge in [-0.3, -0.25) is 4.79 Å². The number of phenols is 1. The summed E-state index contributed by atoms with van der Waals surface area (Å²) in [6.07, 6.45) is 1.87. The van der Waals surface area contributed by atoms with Crippen molar-refractivity contribution in [1.29, 1.82) is 0 Å². The zero-order valence-electron chi connectivity index (χ0n) is 10.9. The van der Waals surface area contributed by atoms with Crippen molar-refractivity contribution in [2.75, 3.05) is 13.1 Å². The Labute approximate surface area is 118 Å². The number of likely N-dealkylation sites (tertiary alicyclic amines) is 1. The van der Waals surface area contributed by atoms with Gasteiger partial charge in [0.05, 0.1) is 4.99 Å². The first-order valence-electron chi connectivity index (χ1n) is 6.37. The van der Waals surface area contributed by atoms with Crippen LogP contribution in [0.1, 0.15) is 28.8 Å². The van der Waals surface area contributed by atoms with Crippen LogP contribution in [0.4, 0.5) is 0 Å². The van der Waals surface area contributed by atoms with Crippen LogP contribution in [-0.2, 0) is 0 Å². The van der Waals surface area contributed by atoms with Crippen molar-refractivity contribution in [3.63, 3.8) is 0 Å². The van der Waals surface area contributed by atoms with Gasteiger partial charge < -0.3 is 15.7 Å². The number of hydrogen-bond acceptors (Lipinski definition) is 3. The minimum absolute atomic E-state index is 0.0240. The molecule has 102 valence electrons. The Balaban J connectivity index is 2.14. The second kappa shape index (κ2) is 5.57. The van der Waals surface area contributed by atoms with Gasteiger partial charge >= 0.3 is 0 Å². The van der Waals surface area contributed by atoms with E-state index >= 15 is 0 Å². The van der Waals surface area contributed by atoms with Crippen molar-refractivity contribution in [2.45, 2.75) is 19.8 Å². The van der Waals surface area contributed by atoms with Crippen molar-refractivity contribution in [3.05, 3.63) is 29.3 Å². The molecular weight excluding hydrogens is 260 g/mol. The number of phenolic OH excluding ortho intramolecular Hbond substituents is 1. The van der Waals surface area contributed by atoms with E-state index in [0.29, 0.717) is 22.7 Å². The number of amides is 1. The van der Waals surface area contributed by atoms with Crippen LogP contribution in [0.2, 0.25) is 0 Å². The number of carbonyl (C=O) groups excluding carboxylic acids is 1. The average molecular weight is 278 g/mol. The van der Waals surface area contributed by atoms with E-state index in [2.05, 4.69) is 0 Å². The third-order valence-corrected chi connectivity index (χ3v) is 3.89. The second-order valence-electron chi connectivity index (χ2n) is 4.99. The van der Waals surface area contributed by atoms with Crippen molar-refractivity contribution in [3.8, 4) is 5.75 Å². The highest BCUT2D eigenvalue weighted by molar-refractivity contribution is 7.80. The van der Waals surface area contributed by atoms with Crippen molar-refractivity contribution < 1.29 is 9.90 Å². The van der Waals surface area contributed by atoms with Gasteiger partial charge in [-0.1, -0.05) is 12.2 Å². The quantitative estimate of drug-likeness (QED) is 0.810. The maximum atomic E-state index is 12.4. The largest absolute Gasteiger partial charge is 0.508 e. The Morgan fingerprint density at radius 2 is 2.26 bits per heavy atom. The fourth-order valence-corrected chi connectivity index (χ4v) is 2.56. The number of hydrogen-bond donors (Lipinski definition) is 2. The predicted molar refractivity (Wildman–Crippen MR) is 78.3 cm³/mol. The highest BCUT2D eigenvalue weighted by Gasteiger charge is 2.26. The van der Waals surface area contributed by atoms with Crippen molar-refractivity contribution in [1.82, 2.24) is 4.90 Å². The first-order valence-corrected chi connectivity index (χ1v) is 6.78. The minimum atomic E-state index is -0.0240. The summed E-state index contributed by atoms with van der Waals surface area (Å²) in [6, 6.07) is 4.91. The van der Waals surface area contributed by atoms with Gasteiger partial charge in [0.25, 0.3) is 5.91 Å². The molecular formula is C14H18N2O2S. The molecule has 0 aliphatic carbocycles. The van der Waals surface area contributed by atoms with Crippen LogP contribution < -0.4 is 5.73 Å². The number of thiocarbonyl (C=S) groups is 1. The molecule has 1 aromatic carbocycles. The predicted octanol–water partition coefficient (Wildman–Crippen LogP) is 1.84. The maximum absolute atomic E-state index is 12.4. The van der Waals surface area contributed by atoms with E-state index in [1.807, 2.05) is 0 Å². The Morgan fingerprint density at radius 3 is 2.89 bits per heavy atom. The Hall–Kier alpha value is -1.62. The van der Waals surface area contributed by atoms with E-state index in [1.54, 1.807) is 30.0 Å². The van der Waals surface area contributed by atoms with Gasteiger partial charge in [-0.15, -0.1) is 0 Å². The number of nitrogens with two attached hydrogens (primary N) is 1. The topological polar surface area (TPSA) is 66.6 Å². The van der Waals surface area contributed by atoms with Gasteiger partial charge in [-0.2, -0.15) is 0 Å². The lowest BCUT2D eigenvalue weighted by Gasteiger charge is -2.32. The number of carbonyl (C=O) groups is 1. The number of nitrogens with zero attached hydrogens (tertiary/aromatic N) is 1. The van der Waals surface area contributed by atoms with Gasteiger partial charge in [0.1, 0.15) is 5.75 Å². The fourth-order valence-electron chi connectivity index (χ4n) is 2.36. The molecule has 1 fully saturated rings. The molecule has 1 saturated heterocycles. The lowest BCUT2D eigenvalue weighted by atomic mass is 9.97. The average Bonchev–Trinajstić information content (AvgIpc) is 2.41. The monoisotopic (exact) mass is 278 g/mol. The molecule has 1 heterocycles. The van der Waals surface area contributed by atoms with E-state index in [0.717, 1.165) is 19.4 Å². The van der Waals surface area contributed by atoms with Gasteiger partial charge in [-0.25, -0.2) is 0 Å². The maximum Gasteiger partial charge on any atom is 0.253 e. The number of piperidine rings is 1. The summed E-state index contributed by atoms with van der Waals surface area (Å²) in [5.74, 6) is 0.297. The molecule has 0 spiro atoms. The first-order chi connectivity index (χ1) is 8.99. The van der Waals surface area contributed by atoms with Gasteiger partial charge in [0.2, 0.25) is 0 Å². The van der Waals surface area contributed by atoms with Crippen LogP contribution >= 0.6 is 12.2 Å². The van der Waals surface area contributed by atoms with Crippen LogP contribution in [-0.4, -0.2) is 34.0 Å². The molecule has 4 nitrogen and oxygen atoms in total. The molecule has 19 heavy (non-hydrogen) atoms.